The number of nitrogens with zero attached hydrogens (tertiary/aromatic N) is 1. The van der Waals surface area contributed by atoms with Crippen LogP contribution < -0.4 is 0 Å². The Morgan fingerprint density at radius 3 is 2.33 bits per heavy atom. The monoisotopic (exact) mass is 151 g/mol. The van der Waals surface area contributed by atoms with Crippen molar-refractivity contribution in [3.8, 4) is 0 Å². The number of amides is 1. The summed E-state index contributed by atoms with van der Waals surface area (Å²) in [7, 11) is 1.28. The molecule has 4 nitrogen and oxygen atoms in total. The third kappa shape index (κ3) is 2.57. The molecular weight excluding hydrogens is 142 g/mol. The van der Waals surface area contributed by atoms with Crippen molar-refractivity contribution in [2.75, 3.05) is 7.05 Å². The molecule has 0 fully saturated rings. The second kappa shape index (κ2) is 3.58. The van der Waals surface area contributed by atoms with Crippen molar-refractivity contribution >= 4 is 17.2 Å². The third-order valence-electron chi connectivity index (χ3n) is 0.888. The molecule has 54 valence electrons. The molecule has 0 aliphatic rings. The van der Waals surface area contributed by atoms with Crippen LogP contribution in [-0.2, 0) is 16.1 Å². The molecule has 0 radical (unpaired) electrons. The molecule has 0 saturated heterocycles. The molecule has 0 aliphatic heterocycles. The van der Waals surface area contributed by atoms with Crippen LogP contribution in [0.1, 0.15) is 13.3 Å². The van der Waals surface area contributed by atoms with Crippen LogP contribution >= 0.6 is 0 Å². The Labute approximate surface area is 56.3 Å². The van der Waals surface area contributed by atoms with Crippen molar-refractivity contribution in [3.63, 3.8) is 0 Å². The zero-order valence-electron chi connectivity index (χ0n) is 5.33. The summed E-state index contributed by atoms with van der Waals surface area (Å²) < 4.78 is 19.2. The Hall–Kier alpha value is -0.420. The van der Waals surface area contributed by atoms with Gasteiger partial charge in [-0.05, 0) is 0 Å². The van der Waals surface area contributed by atoms with Gasteiger partial charge in [0, 0.05) is 13.5 Å². The number of carbonyl (C=O) groups is 1. The zero-order valence-corrected chi connectivity index (χ0v) is 6.14. The van der Waals surface area contributed by atoms with E-state index < -0.39 is 11.3 Å². The second-order valence-corrected chi connectivity index (χ2v) is 2.48. The summed E-state index contributed by atoms with van der Waals surface area (Å²) in [4.78, 5) is 10.5. The Morgan fingerprint density at radius 1 is 1.78 bits per heavy atom. The third-order valence-corrected chi connectivity index (χ3v) is 1.56. The zero-order chi connectivity index (χ0) is 7.44. The molecule has 0 aromatic rings. The molecule has 0 heterocycles. The lowest BCUT2D eigenvalue weighted by Gasteiger charge is -2.08. The van der Waals surface area contributed by atoms with Crippen LogP contribution in [0, 0.1) is 0 Å². The van der Waals surface area contributed by atoms with E-state index in [0.29, 0.717) is 0 Å². The molecule has 0 rings (SSSR count). The predicted molar refractivity (Wildman–Crippen MR) is 33.8 cm³/mol. The number of carbonyl (C=O) groups excluding carboxylic acids is 1. The minimum Gasteiger partial charge on any atom is -0.289 e. The lowest BCUT2D eigenvalue weighted by Crippen LogP contribution is -2.27. The highest BCUT2D eigenvalue weighted by atomic mass is 32.2. The smallest absolute Gasteiger partial charge is 0.263 e. The Bertz CT molecular complexity index is 136. The lowest BCUT2D eigenvalue weighted by atomic mass is 10.5. The summed E-state index contributed by atoms with van der Waals surface area (Å²) in [6, 6.07) is 0. The fourth-order valence-corrected chi connectivity index (χ4v) is 0.613. The molecule has 1 amide bonds. The lowest BCUT2D eigenvalue weighted by molar-refractivity contribution is -0.125. The maximum atomic E-state index is 10.5. The summed E-state index contributed by atoms with van der Waals surface area (Å²) in [5.41, 5.74) is 0. The number of rotatable bonds is 2. The van der Waals surface area contributed by atoms with Gasteiger partial charge in [-0.25, -0.2) is 8.51 Å². The topological polar surface area (TPSA) is 57.6 Å². The minimum atomic E-state index is -2.16. The van der Waals surface area contributed by atoms with Gasteiger partial charge in [0.15, 0.2) is 0 Å². The molecule has 0 aromatic heterocycles. The molecule has 0 aliphatic carbocycles. The maximum absolute atomic E-state index is 10.5. The molecule has 1 unspecified atom stereocenters. The van der Waals surface area contributed by atoms with Gasteiger partial charge >= 0.3 is 0 Å². The Morgan fingerprint density at radius 2 is 2.22 bits per heavy atom. The Balaban J connectivity index is 3.88. The van der Waals surface area contributed by atoms with Crippen molar-refractivity contribution in [1.29, 1.82) is 0 Å². The summed E-state index contributed by atoms with van der Waals surface area (Å²) in [5.74, 6) is -0.337. The van der Waals surface area contributed by atoms with Crippen molar-refractivity contribution in [1.82, 2.24) is 4.31 Å². The van der Waals surface area contributed by atoms with Crippen LogP contribution in [0.5, 0.6) is 0 Å². The first-order chi connectivity index (χ1) is 4.09. The van der Waals surface area contributed by atoms with Crippen LogP contribution in [0.2, 0.25) is 0 Å². The van der Waals surface area contributed by atoms with Gasteiger partial charge in [-0.3, -0.25) is 9.35 Å². The minimum absolute atomic E-state index is 0.253. The van der Waals surface area contributed by atoms with E-state index in [0.717, 1.165) is 4.31 Å². The van der Waals surface area contributed by atoms with Gasteiger partial charge in [0.1, 0.15) is 0 Å². The molecule has 9 heavy (non-hydrogen) atoms. The summed E-state index contributed by atoms with van der Waals surface area (Å²) >= 11 is -2.16. The molecule has 0 aromatic carbocycles. The van der Waals surface area contributed by atoms with Crippen LogP contribution in [0.25, 0.3) is 0 Å². The summed E-state index contributed by atoms with van der Waals surface area (Å²) in [6.45, 7) is 1.63. The van der Waals surface area contributed by atoms with E-state index in [1.165, 1.54) is 7.05 Å². The average molecular weight is 151 g/mol. The highest BCUT2D eigenvalue weighted by molar-refractivity contribution is 7.77. The van der Waals surface area contributed by atoms with Gasteiger partial charge in [-0.1, -0.05) is 6.92 Å². The van der Waals surface area contributed by atoms with Crippen molar-refractivity contribution in [2.45, 2.75) is 13.3 Å². The van der Waals surface area contributed by atoms with Crippen LogP contribution in [0.3, 0.4) is 0 Å². The fourth-order valence-electron chi connectivity index (χ4n) is 0.310. The SMILES string of the molecule is CCC(=O)N(C)S(=O)O. The first-order valence-corrected chi connectivity index (χ1v) is 3.53. The Kier molecular flexibility index (Phi) is 3.41. The molecule has 1 atom stereocenters. The first kappa shape index (κ1) is 8.58. The van der Waals surface area contributed by atoms with Gasteiger partial charge in [0.2, 0.25) is 5.91 Å². The van der Waals surface area contributed by atoms with E-state index in [2.05, 4.69) is 0 Å². The highest BCUT2D eigenvalue weighted by Crippen LogP contribution is 1.90. The van der Waals surface area contributed by atoms with E-state index in [1.807, 2.05) is 0 Å². The molecular formula is C4H9NO3S. The fraction of sp³-hybridized carbons (Fsp3) is 0.750. The van der Waals surface area contributed by atoms with Crippen LogP contribution in [-0.4, -0.2) is 26.0 Å². The summed E-state index contributed by atoms with van der Waals surface area (Å²) in [6.07, 6.45) is 0.253. The average Bonchev–Trinajstić information content (AvgIpc) is 1.84. The highest BCUT2D eigenvalue weighted by Gasteiger charge is 2.09. The molecule has 0 saturated carbocycles. The summed E-state index contributed by atoms with van der Waals surface area (Å²) in [5, 5.41) is 0. The number of hydrogen-bond acceptors (Lipinski definition) is 2. The van der Waals surface area contributed by atoms with E-state index in [9.17, 15) is 9.00 Å². The van der Waals surface area contributed by atoms with Crippen LogP contribution in [0.15, 0.2) is 0 Å². The van der Waals surface area contributed by atoms with Gasteiger partial charge in [0.05, 0.1) is 0 Å². The van der Waals surface area contributed by atoms with E-state index >= 15 is 0 Å². The molecule has 5 heteroatoms. The maximum Gasteiger partial charge on any atom is 0.263 e. The van der Waals surface area contributed by atoms with E-state index in [4.69, 9.17) is 4.55 Å². The second-order valence-electron chi connectivity index (χ2n) is 1.48. The molecule has 0 spiro atoms. The van der Waals surface area contributed by atoms with Gasteiger partial charge < -0.3 is 0 Å². The normalized spacial score (nSPS) is 12.8. The standard InChI is InChI=1S/C4H9NO3S/c1-3-4(6)5(2)9(7)8/h3H2,1-2H3,(H,7,8). The van der Waals surface area contributed by atoms with Crippen molar-refractivity contribution in [2.24, 2.45) is 0 Å². The first-order valence-electron chi connectivity index (χ1n) is 2.47. The largest absolute Gasteiger partial charge is 0.289 e. The predicted octanol–water partition coefficient (Wildman–Crippen LogP) is -0.00850. The quantitative estimate of drug-likeness (QED) is 0.565. The van der Waals surface area contributed by atoms with Crippen molar-refractivity contribution in [3.05, 3.63) is 0 Å². The van der Waals surface area contributed by atoms with E-state index in [-0.39, 0.29) is 12.3 Å². The van der Waals surface area contributed by atoms with Crippen molar-refractivity contribution < 1.29 is 13.6 Å². The molecule has 0 bridgehead atoms. The van der Waals surface area contributed by atoms with Crippen LogP contribution in [0.4, 0.5) is 0 Å². The van der Waals surface area contributed by atoms with Gasteiger partial charge in [-0.2, -0.15) is 0 Å². The van der Waals surface area contributed by atoms with Gasteiger partial charge in [-0.15, -0.1) is 0 Å². The van der Waals surface area contributed by atoms with E-state index in [1.54, 1.807) is 6.92 Å². The molecule has 1 N–H and O–H groups in total. The van der Waals surface area contributed by atoms with Gasteiger partial charge in [0.25, 0.3) is 11.3 Å². The number of hydrogen-bond donors (Lipinski definition) is 1.